The highest BCUT2D eigenvalue weighted by Gasteiger charge is 2.17. The lowest BCUT2D eigenvalue weighted by Gasteiger charge is -2.27. The Labute approximate surface area is 85.8 Å². The molecule has 2 rings (SSSR count). The van der Waals surface area contributed by atoms with E-state index in [4.69, 9.17) is 0 Å². The molecule has 2 heterocycles. The van der Waals surface area contributed by atoms with Crippen molar-refractivity contribution in [2.75, 3.05) is 13.1 Å². The van der Waals surface area contributed by atoms with Crippen molar-refractivity contribution in [3.05, 3.63) is 23.7 Å². The summed E-state index contributed by atoms with van der Waals surface area (Å²) in [5.41, 5.74) is 7.69. The normalized spacial score (nSPS) is 21.5. The molecule has 0 bridgehead atoms. The predicted octanol–water partition coefficient (Wildman–Crippen LogP) is 1.57. The van der Waals surface area contributed by atoms with Gasteiger partial charge in [-0.3, -0.25) is 5.43 Å². The first-order chi connectivity index (χ1) is 6.77. The summed E-state index contributed by atoms with van der Waals surface area (Å²) < 4.78 is 0. The Kier molecular flexibility index (Phi) is 2.66. The molecule has 2 aliphatic rings. The highest BCUT2D eigenvalue weighted by molar-refractivity contribution is 5.26. The zero-order valence-corrected chi connectivity index (χ0v) is 9.01. The number of nitrogens with zero attached hydrogens (tertiary/aromatic N) is 1. The molecular weight excluding hydrogens is 174 g/mol. The lowest BCUT2D eigenvalue weighted by molar-refractivity contribution is 0.374. The van der Waals surface area contributed by atoms with E-state index < -0.39 is 0 Å². The molecule has 1 saturated heterocycles. The molecule has 78 valence electrons. The average molecular weight is 193 g/mol. The van der Waals surface area contributed by atoms with Crippen LogP contribution in [-0.4, -0.2) is 18.0 Å². The minimum absolute atomic E-state index is 0.585. The first-order valence-corrected chi connectivity index (χ1v) is 5.45. The third kappa shape index (κ3) is 1.86. The second kappa shape index (κ2) is 3.95. The van der Waals surface area contributed by atoms with E-state index >= 15 is 0 Å². The molecule has 0 aromatic heterocycles. The summed E-state index contributed by atoms with van der Waals surface area (Å²) >= 11 is 0. The summed E-state index contributed by atoms with van der Waals surface area (Å²) in [6, 6.07) is 0. The highest BCUT2D eigenvalue weighted by Crippen LogP contribution is 2.19. The first kappa shape index (κ1) is 9.44. The highest BCUT2D eigenvalue weighted by atomic mass is 15.4. The lowest BCUT2D eigenvalue weighted by atomic mass is 10.0. The molecule has 0 aromatic rings. The van der Waals surface area contributed by atoms with Crippen LogP contribution in [0, 0.1) is 5.92 Å². The number of hydrogen-bond acceptors (Lipinski definition) is 3. The number of hydrazine groups is 1. The van der Waals surface area contributed by atoms with Gasteiger partial charge in [0, 0.05) is 19.3 Å². The SMILES string of the molecule is CC(C)C1=CNNC(N2CCCC2)=C1. The van der Waals surface area contributed by atoms with Gasteiger partial charge in [0.15, 0.2) is 0 Å². The van der Waals surface area contributed by atoms with Crippen LogP contribution < -0.4 is 10.9 Å². The summed E-state index contributed by atoms with van der Waals surface area (Å²) in [4.78, 5) is 2.41. The van der Waals surface area contributed by atoms with Crippen LogP contribution in [0.15, 0.2) is 23.7 Å². The number of nitrogens with one attached hydrogen (secondary N) is 2. The number of likely N-dealkylation sites (tertiary alicyclic amines) is 1. The van der Waals surface area contributed by atoms with Crippen molar-refractivity contribution in [2.45, 2.75) is 26.7 Å². The van der Waals surface area contributed by atoms with Crippen LogP contribution in [0.25, 0.3) is 0 Å². The van der Waals surface area contributed by atoms with E-state index in [9.17, 15) is 0 Å². The third-order valence-corrected chi connectivity index (χ3v) is 2.86. The third-order valence-electron chi connectivity index (χ3n) is 2.86. The molecule has 14 heavy (non-hydrogen) atoms. The van der Waals surface area contributed by atoms with E-state index in [1.807, 2.05) is 6.20 Å². The first-order valence-electron chi connectivity index (χ1n) is 5.45. The van der Waals surface area contributed by atoms with E-state index in [0.717, 1.165) is 0 Å². The van der Waals surface area contributed by atoms with E-state index in [1.54, 1.807) is 0 Å². The molecule has 0 aliphatic carbocycles. The Morgan fingerprint density at radius 2 is 2.00 bits per heavy atom. The standard InChI is InChI=1S/C11H19N3/c1-9(2)10-7-11(13-12-8-10)14-5-3-4-6-14/h7-9,12-13H,3-6H2,1-2H3. The topological polar surface area (TPSA) is 27.3 Å². The van der Waals surface area contributed by atoms with Gasteiger partial charge in [-0.25, -0.2) is 0 Å². The van der Waals surface area contributed by atoms with Crippen LogP contribution in [0.2, 0.25) is 0 Å². The van der Waals surface area contributed by atoms with E-state index in [1.165, 1.54) is 37.3 Å². The lowest BCUT2D eigenvalue weighted by Crippen LogP contribution is -2.38. The Hall–Kier alpha value is -1.12. The Balaban J connectivity index is 2.08. The van der Waals surface area contributed by atoms with Crippen molar-refractivity contribution in [3.63, 3.8) is 0 Å². The van der Waals surface area contributed by atoms with Crippen LogP contribution in [0.3, 0.4) is 0 Å². The monoisotopic (exact) mass is 193 g/mol. The maximum absolute atomic E-state index is 3.21. The molecule has 3 heteroatoms. The molecule has 0 amide bonds. The van der Waals surface area contributed by atoms with Crippen molar-refractivity contribution >= 4 is 0 Å². The maximum atomic E-state index is 3.21. The smallest absolute Gasteiger partial charge is 0.120 e. The van der Waals surface area contributed by atoms with Crippen molar-refractivity contribution in [2.24, 2.45) is 5.92 Å². The molecule has 0 saturated carbocycles. The molecule has 0 atom stereocenters. The van der Waals surface area contributed by atoms with E-state index in [0.29, 0.717) is 5.92 Å². The summed E-state index contributed by atoms with van der Waals surface area (Å²) in [6.07, 6.45) is 6.94. The zero-order chi connectivity index (χ0) is 9.97. The largest absolute Gasteiger partial charge is 0.357 e. The fraction of sp³-hybridized carbons (Fsp3) is 0.636. The minimum Gasteiger partial charge on any atom is -0.357 e. The summed E-state index contributed by atoms with van der Waals surface area (Å²) in [7, 11) is 0. The summed E-state index contributed by atoms with van der Waals surface area (Å²) in [6.45, 7) is 6.81. The summed E-state index contributed by atoms with van der Waals surface area (Å²) in [5, 5.41) is 0. The van der Waals surface area contributed by atoms with Gasteiger partial charge in [0.25, 0.3) is 0 Å². The number of hydrogen-bond donors (Lipinski definition) is 2. The van der Waals surface area contributed by atoms with Crippen LogP contribution in [-0.2, 0) is 0 Å². The van der Waals surface area contributed by atoms with Gasteiger partial charge in [-0.05, 0) is 30.4 Å². The Bertz CT molecular complexity index is 260. The average Bonchev–Trinajstić information content (AvgIpc) is 2.71. The van der Waals surface area contributed by atoms with Gasteiger partial charge in [0.05, 0.1) is 0 Å². The van der Waals surface area contributed by atoms with Gasteiger partial charge in [-0.1, -0.05) is 13.8 Å². The molecule has 3 nitrogen and oxygen atoms in total. The second-order valence-electron chi connectivity index (χ2n) is 4.29. The fourth-order valence-electron chi connectivity index (χ4n) is 1.89. The quantitative estimate of drug-likeness (QED) is 0.697. The molecular formula is C11H19N3. The van der Waals surface area contributed by atoms with Gasteiger partial charge < -0.3 is 10.3 Å². The van der Waals surface area contributed by atoms with E-state index in [-0.39, 0.29) is 0 Å². The van der Waals surface area contributed by atoms with Gasteiger partial charge in [0.1, 0.15) is 5.82 Å². The minimum atomic E-state index is 0.585. The zero-order valence-electron chi connectivity index (χ0n) is 9.01. The molecule has 2 N–H and O–H groups in total. The fourth-order valence-corrected chi connectivity index (χ4v) is 1.89. The maximum Gasteiger partial charge on any atom is 0.120 e. The number of rotatable bonds is 2. The Morgan fingerprint density at radius 3 is 2.64 bits per heavy atom. The van der Waals surface area contributed by atoms with Gasteiger partial charge >= 0.3 is 0 Å². The molecule has 0 radical (unpaired) electrons. The van der Waals surface area contributed by atoms with Crippen molar-refractivity contribution in [1.82, 2.24) is 15.8 Å². The van der Waals surface area contributed by atoms with Crippen molar-refractivity contribution in [3.8, 4) is 0 Å². The van der Waals surface area contributed by atoms with E-state index in [2.05, 4.69) is 35.7 Å². The number of allylic oxidation sites excluding steroid dienone is 2. The molecule has 0 unspecified atom stereocenters. The van der Waals surface area contributed by atoms with Gasteiger partial charge in [-0.2, -0.15) is 0 Å². The summed E-state index contributed by atoms with van der Waals surface area (Å²) in [5.74, 6) is 1.82. The molecule has 0 spiro atoms. The predicted molar refractivity (Wildman–Crippen MR) is 58.1 cm³/mol. The van der Waals surface area contributed by atoms with Gasteiger partial charge in [0.2, 0.25) is 0 Å². The molecule has 2 aliphatic heterocycles. The van der Waals surface area contributed by atoms with Crippen LogP contribution in [0.1, 0.15) is 26.7 Å². The van der Waals surface area contributed by atoms with Crippen LogP contribution >= 0.6 is 0 Å². The molecule has 1 fully saturated rings. The second-order valence-corrected chi connectivity index (χ2v) is 4.29. The van der Waals surface area contributed by atoms with Crippen molar-refractivity contribution in [1.29, 1.82) is 0 Å². The van der Waals surface area contributed by atoms with Crippen LogP contribution in [0.5, 0.6) is 0 Å². The van der Waals surface area contributed by atoms with Gasteiger partial charge in [-0.15, -0.1) is 0 Å². The van der Waals surface area contributed by atoms with Crippen molar-refractivity contribution < 1.29 is 0 Å². The Morgan fingerprint density at radius 1 is 1.29 bits per heavy atom. The molecule has 0 aromatic carbocycles. The van der Waals surface area contributed by atoms with Crippen LogP contribution in [0.4, 0.5) is 0 Å².